The summed E-state index contributed by atoms with van der Waals surface area (Å²) in [5.74, 6) is 2.34. The molecule has 0 saturated carbocycles. The molecule has 6 N–H and O–H groups in total. The number of aliphatic hydroxyl groups is 1. The van der Waals surface area contributed by atoms with Crippen molar-refractivity contribution in [1.82, 2.24) is 9.88 Å². The fourth-order valence-corrected chi connectivity index (χ4v) is 11.4. The predicted molar refractivity (Wildman–Crippen MR) is 243 cm³/mol. The maximum atomic E-state index is 11.9. The summed E-state index contributed by atoms with van der Waals surface area (Å²) >= 11 is 0. The Morgan fingerprint density at radius 3 is 2.65 bits per heavy atom. The summed E-state index contributed by atoms with van der Waals surface area (Å²) in [6.45, 7) is 2.13. The summed E-state index contributed by atoms with van der Waals surface area (Å²) in [4.78, 5) is 0. The van der Waals surface area contributed by atoms with Crippen LogP contribution in [0.5, 0.6) is 17.2 Å². The van der Waals surface area contributed by atoms with E-state index in [1.807, 2.05) is 24.3 Å². The number of nitrogens with two attached hydrogens (primary N) is 1. The minimum atomic E-state index is -0.525. The Kier molecular flexibility index (Phi) is 11.6. The maximum absolute atomic E-state index is 11.9. The van der Waals surface area contributed by atoms with Gasteiger partial charge in [0.25, 0.3) is 0 Å². The van der Waals surface area contributed by atoms with E-state index in [2.05, 4.69) is 64.8 Å². The van der Waals surface area contributed by atoms with E-state index in [1.165, 1.54) is 22.3 Å². The van der Waals surface area contributed by atoms with Gasteiger partial charge in [0.2, 0.25) is 0 Å². The number of phenolic OH excluding ortho intramolecular Hbond substituents is 2. The summed E-state index contributed by atoms with van der Waals surface area (Å²) in [6.07, 6.45) is 19.5. The number of rotatable bonds is 8. The molecule has 6 atom stereocenters. The molecule has 9 heteroatoms. The van der Waals surface area contributed by atoms with Gasteiger partial charge in [-0.05, 0) is 140 Å². The maximum Gasteiger partial charge on any atom is 0.164 e. The van der Waals surface area contributed by atoms with Gasteiger partial charge in [0, 0.05) is 46.3 Å². The number of aromatic nitrogens is 1. The van der Waals surface area contributed by atoms with Gasteiger partial charge in [-0.3, -0.25) is 0 Å². The standard InChI is InChI=1S/C53H61N3O6/c54-50-22-16-38-31-61-44(9-4-2-1-3-7-34-11-18-43(57)19-12-34)28-49(59)37-14-20-45-36(25-37)15-21-48(58)51(45)62-32-40-27-42(26-39-29-56(30-46(39)40)52(38)55-50)53-23-24-60-33-41(53)17-13-35-8-5-6-10-47(35)53/h5-6,8,10-12,15-16,18-19,21-22,26-27,29-30,37,41,44,49-50,55,57-59H,1-4,7,9,13-14,17,20,23-25,28,31-33,54H2/t37-,41+,44+,49+,50?,53+/m1/s1. The highest BCUT2D eigenvalue weighted by Gasteiger charge is 2.47. The molecule has 2 aliphatic carbocycles. The first-order valence-corrected chi connectivity index (χ1v) is 23.1. The van der Waals surface area contributed by atoms with Gasteiger partial charge in [0.1, 0.15) is 18.2 Å². The number of aliphatic hydroxyl groups excluding tert-OH is 1. The smallest absolute Gasteiger partial charge is 0.164 e. The summed E-state index contributed by atoms with van der Waals surface area (Å²) in [5.41, 5.74) is 16.0. The van der Waals surface area contributed by atoms with Crippen LogP contribution in [-0.4, -0.2) is 58.1 Å². The molecule has 5 aromatic rings. The number of hydrogen-bond donors (Lipinski definition) is 5. The predicted octanol–water partition coefficient (Wildman–Crippen LogP) is 8.96. The molecule has 324 valence electrons. The number of aryl methyl sites for hydroxylation is 2. The Balaban J connectivity index is 1.01. The first-order valence-electron chi connectivity index (χ1n) is 23.1. The number of ether oxygens (including phenoxy) is 3. The van der Waals surface area contributed by atoms with Crippen LogP contribution in [0.1, 0.15) is 96.7 Å². The zero-order valence-electron chi connectivity index (χ0n) is 35.7. The average Bonchev–Trinajstić information content (AvgIpc) is 3.74. The van der Waals surface area contributed by atoms with Crippen molar-refractivity contribution in [3.8, 4) is 17.2 Å². The van der Waals surface area contributed by atoms with E-state index in [4.69, 9.17) is 19.9 Å². The second-order valence-electron chi connectivity index (χ2n) is 18.6. The first kappa shape index (κ1) is 41.0. The molecule has 1 unspecified atom stereocenters. The molecule has 1 aromatic heterocycles. The van der Waals surface area contributed by atoms with E-state index in [1.54, 1.807) is 18.2 Å². The number of hydrogen-bond acceptors (Lipinski definition) is 8. The van der Waals surface area contributed by atoms with Gasteiger partial charge in [0.05, 0.1) is 31.6 Å². The van der Waals surface area contributed by atoms with Crippen LogP contribution in [0.4, 0.5) is 0 Å². The second-order valence-corrected chi connectivity index (χ2v) is 18.6. The molecule has 0 amide bonds. The van der Waals surface area contributed by atoms with Crippen molar-refractivity contribution in [1.29, 1.82) is 0 Å². The lowest BCUT2D eigenvalue weighted by molar-refractivity contribution is -0.00196. The zero-order valence-corrected chi connectivity index (χ0v) is 35.7. The molecule has 6 aliphatic rings. The minimum Gasteiger partial charge on any atom is -0.508 e. The largest absolute Gasteiger partial charge is 0.508 e. The van der Waals surface area contributed by atoms with Crippen LogP contribution < -0.4 is 15.8 Å². The lowest BCUT2D eigenvalue weighted by Gasteiger charge is -2.49. The minimum absolute atomic E-state index is 0.0804. The molecule has 1 saturated heterocycles. The fraction of sp³-hybridized carbons (Fsp3) is 0.434. The number of unbranched alkanes of at least 4 members (excludes halogenated alkanes) is 3. The number of aromatic hydroxyl groups is 2. The summed E-state index contributed by atoms with van der Waals surface area (Å²) in [6, 6.07) is 25.1. The molecule has 6 bridgehead atoms. The molecule has 0 spiro atoms. The molecule has 9 nitrogen and oxygen atoms in total. The normalized spacial score (nSPS) is 25.9. The summed E-state index contributed by atoms with van der Waals surface area (Å²) in [5, 5.41) is 38.7. The average molecular weight is 836 g/mol. The second kappa shape index (κ2) is 17.6. The third-order valence-corrected chi connectivity index (χ3v) is 14.8. The highest BCUT2D eigenvalue weighted by molar-refractivity contribution is 5.88. The van der Waals surface area contributed by atoms with Gasteiger partial charge in [-0.25, -0.2) is 0 Å². The molecule has 1 fully saturated rings. The van der Waals surface area contributed by atoms with Crippen LogP contribution >= 0.6 is 0 Å². The van der Waals surface area contributed by atoms with Crippen LogP contribution in [0.2, 0.25) is 0 Å². The van der Waals surface area contributed by atoms with Crippen molar-refractivity contribution in [3.05, 3.63) is 142 Å². The summed E-state index contributed by atoms with van der Waals surface area (Å²) < 4.78 is 22.0. The van der Waals surface area contributed by atoms with E-state index in [9.17, 15) is 15.3 Å². The Morgan fingerprint density at radius 2 is 1.74 bits per heavy atom. The molecule has 11 rings (SSSR count). The Labute approximate surface area is 365 Å². The molecular weight excluding hydrogens is 775 g/mol. The zero-order chi connectivity index (χ0) is 42.2. The van der Waals surface area contributed by atoms with Gasteiger partial charge in [-0.2, -0.15) is 0 Å². The Bertz CT molecular complexity index is 2470. The van der Waals surface area contributed by atoms with Crippen molar-refractivity contribution in [2.75, 3.05) is 19.8 Å². The molecule has 62 heavy (non-hydrogen) atoms. The Hall–Kier alpha value is -5.06. The van der Waals surface area contributed by atoms with E-state index >= 15 is 0 Å². The van der Waals surface area contributed by atoms with Crippen LogP contribution in [-0.2, 0) is 47.2 Å². The lowest BCUT2D eigenvalue weighted by Crippen LogP contribution is -2.47. The van der Waals surface area contributed by atoms with Crippen LogP contribution in [0.15, 0.2) is 103 Å². The van der Waals surface area contributed by atoms with E-state index < -0.39 is 6.10 Å². The lowest BCUT2D eigenvalue weighted by atomic mass is 9.57. The quantitative estimate of drug-likeness (QED) is 0.0980. The van der Waals surface area contributed by atoms with Gasteiger partial charge in [0.15, 0.2) is 11.5 Å². The van der Waals surface area contributed by atoms with Crippen molar-refractivity contribution in [2.45, 2.75) is 114 Å². The summed E-state index contributed by atoms with van der Waals surface area (Å²) in [7, 11) is 0. The third kappa shape index (κ3) is 8.05. The van der Waals surface area contributed by atoms with Crippen molar-refractivity contribution < 1.29 is 29.5 Å². The van der Waals surface area contributed by atoms with Crippen molar-refractivity contribution >= 4 is 16.6 Å². The highest BCUT2D eigenvalue weighted by atomic mass is 16.5. The Morgan fingerprint density at radius 1 is 0.871 bits per heavy atom. The SMILES string of the molecule is NC1C=CC2=C(N1)n1cc3cc([C@]45CCOC[C@@H]4CCc4ccccc45)cc(c3c1)COc1c(O)ccc3c1CC[C@H](C3)[C@@H](O)C[C@H](CCCCCCc1ccc(O)cc1)OC2. The molecule has 5 heterocycles. The third-order valence-electron chi connectivity index (χ3n) is 14.8. The van der Waals surface area contributed by atoms with Crippen molar-refractivity contribution in [3.63, 3.8) is 0 Å². The molecular formula is C53H61N3O6. The molecule has 4 aliphatic heterocycles. The van der Waals surface area contributed by atoms with Gasteiger partial charge in [-0.1, -0.05) is 73.9 Å². The van der Waals surface area contributed by atoms with Crippen LogP contribution in [0, 0.1) is 11.8 Å². The molecule has 0 radical (unpaired) electrons. The number of dihydropyridines is 1. The topological polar surface area (TPSA) is 131 Å². The molecule has 4 aromatic carbocycles. The van der Waals surface area contributed by atoms with Crippen LogP contribution in [0.25, 0.3) is 16.6 Å². The van der Waals surface area contributed by atoms with E-state index in [-0.39, 0.29) is 29.4 Å². The van der Waals surface area contributed by atoms with Gasteiger partial charge >= 0.3 is 0 Å². The monoisotopic (exact) mass is 835 g/mol. The van der Waals surface area contributed by atoms with E-state index in [0.717, 1.165) is 123 Å². The number of phenols is 2. The van der Waals surface area contributed by atoms with E-state index in [0.29, 0.717) is 43.7 Å². The number of benzene rings is 4. The first-order chi connectivity index (χ1) is 30.3. The van der Waals surface area contributed by atoms with Gasteiger partial charge < -0.3 is 45.1 Å². The number of nitrogens with zero attached hydrogens (tertiary/aromatic N) is 1. The van der Waals surface area contributed by atoms with Crippen LogP contribution in [0.3, 0.4) is 0 Å². The highest BCUT2D eigenvalue weighted by Crippen LogP contribution is 2.52. The fourth-order valence-electron chi connectivity index (χ4n) is 11.4. The number of nitrogens with one attached hydrogen (secondary N) is 1. The van der Waals surface area contributed by atoms with Gasteiger partial charge in [-0.15, -0.1) is 0 Å². The van der Waals surface area contributed by atoms with Crippen molar-refractivity contribution in [2.24, 2.45) is 17.6 Å². The number of fused-ring (bicyclic) bond motifs is 9.